The van der Waals surface area contributed by atoms with E-state index in [0.29, 0.717) is 12.3 Å². The highest BCUT2D eigenvalue weighted by Gasteiger charge is 2.25. The fraction of sp³-hybridized carbons (Fsp3) is 0.300. The first-order valence-corrected chi connectivity index (χ1v) is 8.61. The lowest BCUT2D eigenvalue weighted by atomic mass is 10.0. The molecule has 144 valence electrons. The summed E-state index contributed by atoms with van der Waals surface area (Å²) in [7, 11) is 0. The SMILES string of the molecule is CCOc1cc(F)ccc1NC(=O)C(NC(=O)c1ccc(F)cc1)C(C)C. The molecule has 0 radical (unpaired) electrons. The van der Waals surface area contributed by atoms with Gasteiger partial charge >= 0.3 is 0 Å². The highest BCUT2D eigenvalue weighted by atomic mass is 19.1. The number of hydrogen-bond donors (Lipinski definition) is 2. The molecule has 0 saturated carbocycles. The van der Waals surface area contributed by atoms with Crippen molar-refractivity contribution < 1.29 is 23.1 Å². The van der Waals surface area contributed by atoms with Crippen molar-refractivity contribution in [1.29, 1.82) is 0 Å². The van der Waals surface area contributed by atoms with E-state index in [-0.39, 0.29) is 17.2 Å². The van der Waals surface area contributed by atoms with Crippen LogP contribution in [-0.4, -0.2) is 24.5 Å². The summed E-state index contributed by atoms with van der Waals surface area (Å²) in [5.41, 5.74) is 0.552. The van der Waals surface area contributed by atoms with Gasteiger partial charge in [0.1, 0.15) is 23.4 Å². The Morgan fingerprint density at radius 1 is 1.04 bits per heavy atom. The summed E-state index contributed by atoms with van der Waals surface area (Å²) < 4.78 is 31.8. The van der Waals surface area contributed by atoms with E-state index in [2.05, 4.69) is 10.6 Å². The van der Waals surface area contributed by atoms with Crippen LogP contribution in [0.15, 0.2) is 42.5 Å². The Balaban J connectivity index is 2.15. The molecule has 5 nitrogen and oxygen atoms in total. The van der Waals surface area contributed by atoms with E-state index in [1.807, 2.05) is 0 Å². The second kappa shape index (κ2) is 9.12. The summed E-state index contributed by atoms with van der Waals surface area (Å²) in [4.78, 5) is 25.0. The molecular formula is C20H22F2N2O3. The molecule has 0 spiro atoms. The van der Waals surface area contributed by atoms with Crippen molar-refractivity contribution in [3.05, 3.63) is 59.7 Å². The zero-order chi connectivity index (χ0) is 20.0. The zero-order valence-electron chi connectivity index (χ0n) is 15.4. The Bertz CT molecular complexity index is 807. The molecule has 0 aliphatic rings. The quantitative estimate of drug-likeness (QED) is 0.773. The number of ether oxygens (including phenoxy) is 1. The van der Waals surface area contributed by atoms with Gasteiger partial charge in [0.05, 0.1) is 12.3 Å². The van der Waals surface area contributed by atoms with Gasteiger partial charge in [0.15, 0.2) is 0 Å². The first kappa shape index (κ1) is 20.4. The van der Waals surface area contributed by atoms with Crippen LogP contribution in [0.1, 0.15) is 31.1 Å². The van der Waals surface area contributed by atoms with Crippen molar-refractivity contribution >= 4 is 17.5 Å². The maximum Gasteiger partial charge on any atom is 0.251 e. The third-order valence-corrected chi connectivity index (χ3v) is 3.84. The molecule has 0 aliphatic carbocycles. The van der Waals surface area contributed by atoms with Crippen LogP contribution in [0.25, 0.3) is 0 Å². The van der Waals surface area contributed by atoms with Crippen LogP contribution in [-0.2, 0) is 4.79 Å². The minimum absolute atomic E-state index is 0.207. The lowest BCUT2D eigenvalue weighted by Crippen LogP contribution is -2.47. The molecule has 1 atom stereocenters. The molecular weight excluding hydrogens is 354 g/mol. The fourth-order valence-electron chi connectivity index (χ4n) is 2.45. The van der Waals surface area contributed by atoms with Gasteiger partial charge < -0.3 is 15.4 Å². The molecule has 2 aromatic rings. The van der Waals surface area contributed by atoms with E-state index < -0.39 is 29.5 Å². The lowest BCUT2D eigenvalue weighted by Gasteiger charge is -2.22. The number of carbonyl (C=O) groups excluding carboxylic acids is 2. The van der Waals surface area contributed by atoms with Crippen LogP contribution in [0.3, 0.4) is 0 Å². The highest BCUT2D eigenvalue weighted by Crippen LogP contribution is 2.26. The first-order valence-electron chi connectivity index (χ1n) is 8.61. The van der Waals surface area contributed by atoms with E-state index in [0.717, 1.165) is 0 Å². The topological polar surface area (TPSA) is 67.4 Å². The van der Waals surface area contributed by atoms with Crippen molar-refractivity contribution in [2.75, 3.05) is 11.9 Å². The number of hydrogen-bond acceptors (Lipinski definition) is 3. The average Bonchev–Trinajstić information content (AvgIpc) is 2.62. The molecule has 0 heterocycles. The van der Waals surface area contributed by atoms with Gasteiger partial charge in [0.2, 0.25) is 5.91 Å². The summed E-state index contributed by atoms with van der Waals surface area (Å²) in [5, 5.41) is 5.31. The molecule has 2 amide bonds. The Hall–Kier alpha value is -2.96. The van der Waals surface area contributed by atoms with Crippen molar-refractivity contribution in [3.63, 3.8) is 0 Å². The predicted octanol–water partition coefficient (Wildman–Crippen LogP) is 3.76. The molecule has 0 aromatic heterocycles. The van der Waals surface area contributed by atoms with Gasteiger partial charge in [0.25, 0.3) is 5.91 Å². The molecule has 7 heteroatoms. The monoisotopic (exact) mass is 376 g/mol. The minimum Gasteiger partial charge on any atom is -0.492 e. The Kier molecular flexibility index (Phi) is 6.87. The average molecular weight is 376 g/mol. The van der Waals surface area contributed by atoms with Gasteiger partial charge in [-0.2, -0.15) is 0 Å². The number of amides is 2. The Morgan fingerprint density at radius 2 is 1.67 bits per heavy atom. The van der Waals surface area contributed by atoms with Crippen molar-refractivity contribution in [3.8, 4) is 5.75 Å². The van der Waals surface area contributed by atoms with Crippen LogP contribution in [0.4, 0.5) is 14.5 Å². The largest absolute Gasteiger partial charge is 0.492 e. The second-order valence-corrected chi connectivity index (χ2v) is 6.26. The minimum atomic E-state index is -0.845. The third-order valence-electron chi connectivity index (χ3n) is 3.84. The number of carbonyl (C=O) groups is 2. The summed E-state index contributed by atoms with van der Waals surface area (Å²) in [6, 6.07) is 7.97. The zero-order valence-corrected chi connectivity index (χ0v) is 15.4. The fourth-order valence-corrected chi connectivity index (χ4v) is 2.45. The molecule has 2 N–H and O–H groups in total. The highest BCUT2D eigenvalue weighted by molar-refractivity contribution is 6.01. The van der Waals surface area contributed by atoms with E-state index in [4.69, 9.17) is 4.74 Å². The first-order chi connectivity index (χ1) is 12.8. The molecule has 1 unspecified atom stereocenters. The van der Waals surface area contributed by atoms with E-state index in [9.17, 15) is 18.4 Å². The van der Waals surface area contributed by atoms with Crippen LogP contribution < -0.4 is 15.4 Å². The normalized spacial score (nSPS) is 11.8. The molecule has 27 heavy (non-hydrogen) atoms. The summed E-state index contributed by atoms with van der Waals surface area (Å²) >= 11 is 0. The standard InChI is InChI=1S/C20H22F2N2O3/c1-4-27-17-11-15(22)9-10-16(17)23-20(26)18(12(2)3)24-19(25)13-5-7-14(21)8-6-13/h5-12,18H,4H2,1-3H3,(H,23,26)(H,24,25). The molecule has 0 aliphatic heterocycles. The number of anilines is 1. The molecule has 2 aromatic carbocycles. The predicted molar refractivity (Wildman–Crippen MR) is 98.7 cm³/mol. The van der Waals surface area contributed by atoms with Gasteiger partial charge in [0, 0.05) is 11.6 Å². The number of rotatable bonds is 7. The maximum absolute atomic E-state index is 13.4. The van der Waals surface area contributed by atoms with Crippen LogP contribution in [0, 0.1) is 17.6 Å². The number of benzene rings is 2. The van der Waals surface area contributed by atoms with Gasteiger partial charge in [-0.25, -0.2) is 8.78 Å². The summed E-state index contributed by atoms with van der Waals surface area (Å²) in [5.74, 6) is -1.91. The smallest absolute Gasteiger partial charge is 0.251 e. The van der Waals surface area contributed by atoms with E-state index in [1.165, 1.54) is 42.5 Å². The van der Waals surface area contributed by atoms with Crippen molar-refractivity contribution in [1.82, 2.24) is 5.32 Å². The molecule has 0 saturated heterocycles. The third kappa shape index (κ3) is 5.51. The lowest BCUT2D eigenvalue weighted by molar-refractivity contribution is -0.118. The van der Waals surface area contributed by atoms with E-state index >= 15 is 0 Å². The summed E-state index contributed by atoms with van der Waals surface area (Å²) in [6.45, 7) is 5.62. The van der Waals surface area contributed by atoms with Gasteiger partial charge in [-0.15, -0.1) is 0 Å². The van der Waals surface area contributed by atoms with Gasteiger partial charge in [-0.1, -0.05) is 13.8 Å². The van der Waals surface area contributed by atoms with Crippen molar-refractivity contribution in [2.24, 2.45) is 5.92 Å². The van der Waals surface area contributed by atoms with Crippen LogP contribution in [0.5, 0.6) is 5.75 Å². The summed E-state index contributed by atoms with van der Waals surface area (Å²) in [6.07, 6.45) is 0. The Morgan fingerprint density at radius 3 is 2.26 bits per heavy atom. The molecule has 0 fully saturated rings. The Labute approximate surface area is 156 Å². The maximum atomic E-state index is 13.4. The molecule has 0 bridgehead atoms. The van der Waals surface area contributed by atoms with Crippen molar-refractivity contribution in [2.45, 2.75) is 26.8 Å². The van der Waals surface area contributed by atoms with E-state index in [1.54, 1.807) is 20.8 Å². The second-order valence-electron chi connectivity index (χ2n) is 6.26. The number of nitrogens with one attached hydrogen (secondary N) is 2. The number of halogens is 2. The molecule has 2 rings (SSSR count). The van der Waals surface area contributed by atoms with Gasteiger partial charge in [-0.3, -0.25) is 9.59 Å². The van der Waals surface area contributed by atoms with Crippen LogP contribution in [0.2, 0.25) is 0 Å². The van der Waals surface area contributed by atoms with Gasteiger partial charge in [-0.05, 0) is 49.2 Å². The van der Waals surface area contributed by atoms with Crippen LogP contribution >= 0.6 is 0 Å².